The Kier molecular flexibility index (Phi) is 4.62. The maximum Gasteiger partial charge on any atom is 0.0793 e. The van der Waals surface area contributed by atoms with E-state index < -0.39 is 6.10 Å². The van der Waals surface area contributed by atoms with Crippen molar-refractivity contribution in [3.63, 3.8) is 0 Å². The normalized spacial score (nSPS) is 12.6. The average molecular weight is 332 g/mol. The van der Waals surface area contributed by atoms with Crippen molar-refractivity contribution in [3.8, 4) is 0 Å². The van der Waals surface area contributed by atoms with Crippen LogP contribution in [0.5, 0.6) is 0 Å². The second kappa shape index (κ2) is 6.01. The summed E-state index contributed by atoms with van der Waals surface area (Å²) in [6, 6.07) is 7.63. The van der Waals surface area contributed by atoms with Crippen molar-refractivity contribution in [1.29, 1.82) is 0 Å². The molecule has 1 nitrogen and oxygen atoms in total. The molecule has 1 aromatic heterocycles. The second-order valence-corrected chi connectivity index (χ2v) is 5.90. The Morgan fingerprint density at radius 2 is 2.18 bits per heavy atom. The highest BCUT2D eigenvalue weighted by Crippen LogP contribution is 2.28. The van der Waals surface area contributed by atoms with Gasteiger partial charge in [0, 0.05) is 4.47 Å². The molecule has 0 saturated carbocycles. The summed E-state index contributed by atoms with van der Waals surface area (Å²) >= 11 is 11.0. The van der Waals surface area contributed by atoms with E-state index in [-0.39, 0.29) is 0 Å². The van der Waals surface area contributed by atoms with Gasteiger partial charge < -0.3 is 5.11 Å². The Bertz CT molecular complexity index is 484. The summed E-state index contributed by atoms with van der Waals surface area (Å²) in [5.74, 6) is 0. The standard InChI is InChI=1S/C13H12BrClOS/c14-11-7-10(2-3-12(11)15)13(16)4-1-9-5-6-17-8-9/h2-3,5-8,13,16H,1,4H2. The van der Waals surface area contributed by atoms with Gasteiger partial charge in [0.05, 0.1) is 11.1 Å². The molecule has 0 radical (unpaired) electrons. The molecule has 0 fully saturated rings. The summed E-state index contributed by atoms with van der Waals surface area (Å²) in [6.07, 6.45) is 1.18. The van der Waals surface area contributed by atoms with E-state index in [1.54, 1.807) is 17.4 Å². The van der Waals surface area contributed by atoms with Gasteiger partial charge in [-0.25, -0.2) is 0 Å². The molecule has 0 aliphatic carbocycles. The van der Waals surface area contributed by atoms with E-state index in [4.69, 9.17) is 11.6 Å². The first-order valence-electron chi connectivity index (χ1n) is 5.31. The van der Waals surface area contributed by atoms with Gasteiger partial charge in [-0.3, -0.25) is 0 Å². The SMILES string of the molecule is OC(CCc1ccsc1)c1ccc(Cl)c(Br)c1. The van der Waals surface area contributed by atoms with Gasteiger partial charge in [0.1, 0.15) is 0 Å². The molecule has 17 heavy (non-hydrogen) atoms. The van der Waals surface area contributed by atoms with Gasteiger partial charge in [-0.1, -0.05) is 17.7 Å². The van der Waals surface area contributed by atoms with Gasteiger partial charge in [0.2, 0.25) is 0 Å². The van der Waals surface area contributed by atoms with Crippen LogP contribution in [0.2, 0.25) is 5.02 Å². The van der Waals surface area contributed by atoms with Crippen molar-refractivity contribution in [2.45, 2.75) is 18.9 Å². The monoisotopic (exact) mass is 330 g/mol. The van der Waals surface area contributed by atoms with Gasteiger partial charge in [0.25, 0.3) is 0 Å². The largest absolute Gasteiger partial charge is 0.388 e. The third-order valence-corrected chi connectivity index (χ3v) is 4.56. The van der Waals surface area contributed by atoms with Crippen LogP contribution in [0.3, 0.4) is 0 Å². The van der Waals surface area contributed by atoms with Gasteiger partial charge in [-0.15, -0.1) is 0 Å². The van der Waals surface area contributed by atoms with Crippen molar-refractivity contribution >= 4 is 38.9 Å². The Balaban J connectivity index is 1.99. The molecule has 2 aromatic rings. The molecule has 0 aliphatic rings. The molecule has 0 bridgehead atoms. The van der Waals surface area contributed by atoms with Crippen LogP contribution in [-0.4, -0.2) is 5.11 Å². The lowest BCUT2D eigenvalue weighted by molar-refractivity contribution is 0.168. The van der Waals surface area contributed by atoms with Crippen LogP contribution >= 0.6 is 38.9 Å². The number of aryl methyl sites for hydroxylation is 1. The van der Waals surface area contributed by atoms with Crippen LogP contribution < -0.4 is 0 Å². The van der Waals surface area contributed by atoms with Gasteiger partial charge in [-0.05, 0) is 68.9 Å². The number of halogens is 2. The zero-order valence-corrected chi connectivity index (χ0v) is 12.2. The molecule has 4 heteroatoms. The van der Waals surface area contributed by atoms with Crippen LogP contribution in [0.1, 0.15) is 23.7 Å². The number of thiophene rings is 1. The fraction of sp³-hybridized carbons (Fsp3) is 0.231. The van der Waals surface area contributed by atoms with E-state index in [9.17, 15) is 5.11 Å². The van der Waals surface area contributed by atoms with Crippen molar-refractivity contribution in [3.05, 3.63) is 55.6 Å². The minimum absolute atomic E-state index is 0.441. The van der Waals surface area contributed by atoms with Crippen LogP contribution in [0.4, 0.5) is 0 Å². The predicted octanol–water partition coefficient (Wildman–Crippen LogP) is 4.83. The van der Waals surface area contributed by atoms with Crippen LogP contribution in [0.25, 0.3) is 0 Å². The first-order valence-corrected chi connectivity index (χ1v) is 7.42. The zero-order chi connectivity index (χ0) is 12.3. The quantitative estimate of drug-likeness (QED) is 0.850. The maximum absolute atomic E-state index is 10.1. The fourth-order valence-electron chi connectivity index (χ4n) is 1.62. The number of aliphatic hydroxyl groups is 1. The van der Waals surface area contributed by atoms with E-state index in [0.29, 0.717) is 5.02 Å². The lowest BCUT2D eigenvalue weighted by atomic mass is 10.0. The lowest BCUT2D eigenvalue weighted by Gasteiger charge is -2.11. The van der Waals surface area contributed by atoms with Crippen molar-refractivity contribution in [2.24, 2.45) is 0 Å². The van der Waals surface area contributed by atoms with E-state index in [1.807, 2.05) is 12.1 Å². The summed E-state index contributed by atoms with van der Waals surface area (Å²) in [6.45, 7) is 0. The average Bonchev–Trinajstić information content (AvgIpc) is 2.82. The smallest absolute Gasteiger partial charge is 0.0793 e. The first kappa shape index (κ1) is 13.1. The highest BCUT2D eigenvalue weighted by atomic mass is 79.9. The minimum Gasteiger partial charge on any atom is -0.388 e. The third kappa shape index (κ3) is 3.55. The van der Waals surface area contributed by atoms with Gasteiger partial charge in [0.15, 0.2) is 0 Å². The van der Waals surface area contributed by atoms with Crippen molar-refractivity contribution in [1.82, 2.24) is 0 Å². The molecule has 0 spiro atoms. The highest BCUT2D eigenvalue weighted by Gasteiger charge is 2.09. The van der Waals surface area contributed by atoms with Gasteiger partial charge in [-0.2, -0.15) is 11.3 Å². The van der Waals surface area contributed by atoms with Gasteiger partial charge >= 0.3 is 0 Å². The van der Waals surface area contributed by atoms with E-state index in [2.05, 4.69) is 32.8 Å². The topological polar surface area (TPSA) is 20.2 Å². The lowest BCUT2D eigenvalue weighted by Crippen LogP contribution is -1.99. The van der Waals surface area contributed by atoms with E-state index in [1.165, 1.54) is 5.56 Å². The Morgan fingerprint density at radius 3 is 2.82 bits per heavy atom. The third-order valence-electron chi connectivity index (χ3n) is 2.61. The summed E-state index contributed by atoms with van der Waals surface area (Å²) in [4.78, 5) is 0. The minimum atomic E-state index is -0.441. The zero-order valence-electron chi connectivity index (χ0n) is 9.07. The molecule has 1 heterocycles. The van der Waals surface area contributed by atoms with Crippen LogP contribution in [0.15, 0.2) is 39.5 Å². The van der Waals surface area contributed by atoms with Crippen molar-refractivity contribution < 1.29 is 5.11 Å². The summed E-state index contributed by atoms with van der Waals surface area (Å²) in [5.41, 5.74) is 2.18. The van der Waals surface area contributed by atoms with E-state index in [0.717, 1.165) is 22.9 Å². The Labute approximate surface area is 118 Å². The molecule has 1 aromatic carbocycles. The Hall–Kier alpha value is -0.350. The van der Waals surface area contributed by atoms with E-state index >= 15 is 0 Å². The summed E-state index contributed by atoms with van der Waals surface area (Å²) in [7, 11) is 0. The number of aliphatic hydroxyl groups excluding tert-OH is 1. The predicted molar refractivity (Wildman–Crippen MR) is 76.8 cm³/mol. The highest BCUT2D eigenvalue weighted by molar-refractivity contribution is 9.10. The Morgan fingerprint density at radius 1 is 1.35 bits per heavy atom. The molecule has 1 N–H and O–H groups in total. The number of hydrogen-bond donors (Lipinski definition) is 1. The van der Waals surface area contributed by atoms with Crippen LogP contribution in [-0.2, 0) is 6.42 Å². The molecule has 2 rings (SSSR count). The first-order chi connectivity index (χ1) is 8.16. The molecule has 0 amide bonds. The molecular formula is C13H12BrClOS. The fourth-order valence-corrected chi connectivity index (χ4v) is 2.84. The van der Waals surface area contributed by atoms with Crippen LogP contribution in [0, 0.1) is 0 Å². The summed E-state index contributed by atoms with van der Waals surface area (Å²) < 4.78 is 0.825. The van der Waals surface area contributed by atoms with Crippen molar-refractivity contribution in [2.75, 3.05) is 0 Å². The molecule has 0 saturated heterocycles. The molecular weight excluding hydrogens is 320 g/mol. The molecule has 1 unspecified atom stereocenters. The second-order valence-electron chi connectivity index (χ2n) is 3.86. The number of benzene rings is 1. The molecule has 90 valence electrons. The molecule has 0 aliphatic heterocycles. The maximum atomic E-state index is 10.1. The summed E-state index contributed by atoms with van der Waals surface area (Å²) in [5, 5.41) is 14.9. The number of rotatable bonds is 4. The number of hydrogen-bond acceptors (Lipinski definition) is 2. The molecule has 1 atom stereocenters.